The molecule has 2 N–H and O–H groups in total. The second-order valence-corrected chi connectivity index (χ2v) is 3.39. The standard InChI is InChI=1S/C9H17NO5/c1-5-7(10-14-3)8(12)6(4-11)15-9(5)13-2/h5-6,8-9,11-12H,4H2,1-3H3/b10-7+/t5?,6?,8-,9+/m1/s1. The zero-order valence-corrected chi connectivity index (χ0v) is 9.08. The molecule has 1 rings (SSSR count). The van der Waals surface area contributed by atoms with E-state index >= 15 is 0 Å². The monoisotopic (exact) mass is 219 g/mol. The highest BCUT2D eigenvalue weighted by atomic mass is 16.7. The van der Waals surface area contributed by atoms with Crippen molar-refractivity contribution < 1.29 is 24.5 Å². The fourth-order valence-electron chi connectivity index (χ4n) is 1.61. The molecule has 88 valence electrons. The second kappa shape index (κ2) is 5.41. The molecule has 1 fully saturated rings. The summed E-state index contributed by atoms with van der Waals surface area (Å²) in [6.07, 6.45) is -2.21. The fourth-order valence-corrected chi connectivity index (χ4v) is 1.61. The smallest absolute Gasteiger partial charge is 0.165 e. The third-order valence-electron chi connectivity index (χ3n) is 2.45. The maximum atomic E-state index is 9.79. The number of rotatable bonds is 3. The van der Waals surface area contributed by atoms with Gasteiger partial charge in [0.25, 0.3) is 0 Å². The molecule has 0 radical (unpaired) electrons. The highest BCUT2D eigenvalue weighted by molar-refractivity contribution is 5.91. The Bertz CT molecular complexity index is 215. The summed E-state index contributed by atoms with van der Waals surface area (Å²) in [6.45, 7) is 1.51. The van der Waals surface area contributed by atoms with Crippen molar-refractivity contribution in [1.29, 1.82) is 0 Å². The van der Waals surface area contributed by atoms with Crippen LogP contribution in [0.1, 0.15) is 6.92 Å². The van der Waals surface area contributed by atoms with E-state index in [1.165, 1.54) is 14.2 Å². The molecule has 0 bridgehead atoms. The van der Waals surface area contributed by atoms with E-state index in [-0.39, 0.29) is 12.5 Å². The van der Waals surface area contributed by atoms with Crippen molar-refractivity contribution in [2.75, 3.05) is 20.8 Å². The predicted molar refractivity (Wildman–Crippen MR) is 52.4 cm³/mol. The Labute approximate surface area is 88.4 Å². The summed E-state index contributed by atoms with van der Waals surface area (Å²) in [4.78, 5) is 4.64. The van der Waals surface area contributed by atoms with Gasteiger partial charge in [0, 0.05) is 7.11 Å². The van der Waals surface area contributed by atoms with E-state index in [0.29, 0.717) is 5.71 Å². The van der Waals surface area contributed by atoms with E-state index < -0.39 is 18.5 Å². The first-order valence-corrected chi connectivity index (χ1v) is 4.73. The van der Waals surface area contributed by atoms with Crippen molar-refractivity contribution in [3.05, 3.63) is 0 Å². The molecule has 0 spiro atoms. The molecule has 1 aliphatic heterocycles. The van der Waals surface area contributed by atoms with Gasteiger partial charge in [0.15, 0.2) is 6.29 Å². The minimum absolute atomic E-state index is 0.215. The largest absolute Gasteiger partial charge is 0.399 e. The molecule has 0 aromatic rings. The molecule has 1 heterocycles. The molecule has 0 amide bonds. The lowest BCUT2D eigenvalue weighted by Crippen LogP contribution is -2.52. The van der Waals surface area contributed by atoms with Gasteiger partial charge in [0.1, 0.15) is 19.3 Å². The third-order valence-corrected chi connectivity index (χ3v) is 2.45. The predicted octanol–water partition coefficient (Wildman–Crippen LogP) is -0.651. The van der Waals surface area contributed by atoms with Crippen molar-refractivity contribution in [3.8, 4) is 0 Å². The highest BCUT2D eigenvalue weighted by Gasteiger charge is 2.40. The lowest BCUT2D eigenvalue weighted by molar-refractivity contribution is -0.207. The van der Waals surface area contributed by atoms with Crippen LogP contribution in [0.15, 0.2) is 5.16 Å². The highest BCUT2D eigenvalue weighted by Crippen LogP contribution is 2.23. The van der Waals surface area contributed by atoms with E-state index in [4.69, 9.17) is 14.6 Å². The lowest BCUT2D eigenvalue weighted by Gasteiger charge is -2.36. The lowest BCUT2D eigenvalue weighted by atomic mass is 9.93. The zero-order chi connectivity index (χ0) is 11.4. The van der Waals surface area contributed by atoms with Crippen LogP contribution in [0.3, 0.4) is 0 Å². The molecule has 2 unspecified atom stereocenters. The van der Waals surface area contributed by atoms with Gasteiger partial charge in [-0.15, -0.1) is 0 Å². The number of ether oxygens (including phenoxy) is 2. The number of hydrogen-bond acceptors (Lipinski definition) is 6. The molecule has 0 saturated carbocycles. The molecule has 6 nitrogen and oxygen atoms in total. The van der Waals surface area contributed by atoms with Crippen LogP contribution in [-0.4, -0.2) is 55.2 Å². The van der Waals surface area contributed by atoms with Crippen LogP contribution < -0.4 is 0 Å². The van der Waals surface area contributed by atoms with Crippen LogP contribution in [0.2, 0.25) is 0 Å². The van der Waals surface area contributed by atoms with Gasteiger partial charge in [0.2, 0.25) is 0 Å². The van der Waals surface area contributed by atoms with E-state index in [2.05, 4.69) is 9.99 Å². The van der Waals surface area contributed by atoms with E-state index in [1.807, 2.05) is 6.92 Å². The number of oxime groups is 1. The molecule has 0 aromatic carbocycles. The molecule has 1 aliphatic rings. The first kappa shape index (κ1) is 12.4. The summed E-state index contributed by atoms with van der Waals surface area (Å²) < 4.78 is 10.4. The van der Waals surface area contributed by atoms with E-state index in [1.54, 1.807) is 0 Å². The summed E-state index contributed by atoms with van der Waals surface area (Å²) in [5.41, 5.74) is 0.426. The van der Waals surface area contributed by atoms with Gasteiger partial charge >= 0.3 is 0 Å². The van der Waals surface area contributed by atoms with Gasteiger partial charge in [-0.25, -0.2) is 0 Å². The number of hydrogen-bond donors (Lipinski definition) is 2. The molecule has 4 atom stereocenters. The summed E-state index contributed by atoms with van der Waals surface area (Å²) in [7, 11) is 2.90. The van der Waals surface area contributed by atoms with Crippen LogP contribution in [0.25, 0.3) is 0 Å². The van der Waals surface area contributed by atoms with Gasteiger partial charge in [-0.3, -0.25) is 0 Å². The summed E-state index contributed by atoms with van der Waals surface area (Å²) >= 11 is 0. The average molecular weight is 219 g/mol. The van der Waals surface area contributed by atoms with Crippen molar-refractivity contribution in [2.45, 2.75) is 25.4 Å². The van der Waals surface area contributed by atoms with Gasteiger partial charge in [-0.1, -0.05) is 12.1 Å². The number of methoxy groups -OCH3 is 1. The van der Waals surface area contributed by atoms with Crippen molar-refractivity contribution in [2.24, 2.45) is 11.1 Å². The first-order valence-electron chi connectivity index (χ1n) is 4.73. The third kappa shape index (κ3) is 2.46. The molecule has 15 heavy (non-hydrogen) atoms. The maximum absolute atomic E-state index is 9.79. The minimum atomic E-state index is -0.962. The zero-order valence-electron chi connectivity index (χ0n) is 9.08. The van der Waals surface area contributed by atoms with Crippen LogP contribution in [-0.2, 0) is 14.3 Å². The summed E-state index contributed by atoms with van der Waals surface area (Å²) in [5, 5.41) is 22.5. The number of aliphatic hydroxyl groups excluding tert-OH is 2. The summed E-state index contributed by atoms with van der Waals surface area (Å²) in [5.74, 6) is -0.215. The number of aliphatic hydroxyl groups is 2. The Morgan fingerprint density at radius 2 is 2.13 bits per heavy atom. The van der Waals surface area contributed by atoms with Gasteiger partial charge in [-0.2, -0.15) is 0 Å². The van der Waals surface area contributed by atoms with Crippen LogP contribution in [0, 0.1) is 5.92 Å². The van der Waals surface area contributed by atoms with Crippen LogP contribution >= 0.6 is 0 Å². The normalized spacial score (nSPS) is 39.4. The second-order valence-electron chi connectivity index (χ2n) is 3.39. The van der Waals surface area contributed by atoms with E-state index in [0.717, 1.165) is 0 Å². The van der Waals surface area contributed by atoms with Crippen molar-refractivity contribution in [3.63, 3.8) is 0 Å². The quantitative estimate of drug-likeness (QED) is 0.616. The Balaban J connectivity index is 2.86. The van der Waals surface area contributed by atoms with Gasteiger partial charge in [-0.05, 0) is 0 Å². The molecule has 6 heteroatoms. The molecule has 0 aromatic heterocycles. The van der Waals surface area contributed by atoms with Crippen LogP contribution in [0.4, 0.5) is 0 Å². The maximum Gasteiger partial charge on any atom is 0.165 e. The Morgan fingerprint density at radius 3 is 2.60 bits per heavy atom. The molecule has 0 aliphatic carbocycles. The summed E-state index contributed by atoms with van der Waals surface area (Å²) in [6, 6.07) is 0. The number of nitrogens with zero attached hydrogens (tertiary/aromatic N) is 1. The topological polar surface area (TPSA) is 80.5 Å². The van der Waals surface area contributed by atoms with Crippen LogP contribution in [0.5, 0.6) is 0 Å². The van der Waals surface area contributed by atoms with Gasteiger partial charge in [0.05, 0.1) is 18.2 Å². The first-order chi connectivity index (χ1) is 7.15. The van der Waals surface area contributed by atoms with Crippen molar-refractivity contribution >= 4 is 5.71 Å². The van der Waals surface area contributed by atoms with Crippen molar-refractivity contribution in [1.82, 2.24) is 0 Å². The molecular formula is C9H17NO5. The Hall–Kier alpha value is -0.690. The Morgan fingerprint density at radius 1 is 1.47 bits per heavy atom. The SMILES string of the molecule is CO/N=C1\C(C)[C@@H](OC)OC(CO)[C@H]1O. The molecule has 1 saturated heterocycles. The molecular weight excluding hydrogens is 202 g/mol. The average Bonchev–Trinajstić information content (AvgIpc) is 2.25. The van der Waals surface area contributed by atoms with Gasteiger partial charge < -0.3 is 24.5 Å². The Kier molecular flexibility index (Phi) is 4.46. The van der Waals surface area contributed by atoms with E-state index in [9.17, 15) is 5.11 Å². The fraction of sp³-hybridized carbons (Fsp3) is 0.889. The minimum Gasteiger partial charge on any atom is -0.399 e.